The lowest BCUT2D eigenvalue weighted by Gasteiger charge is -2.13. The summed E-state index contributed by atoms with van der Waals surface area (Å²) in [5, 5.41) is 0.344. The zero-order chi connectivity index (χ0) is 13.3. The van der Waals surface area contributed by atoms with Crippen molar-refractivity contribution in [3.63, 3.8) is 0 Å². The van der Waals surface area contributed by atoms with E-state index in [0.717, 1.165) is 16.6 Å². The maximum atomic E-state index is 11.9. The van der Waals surface area contributed by atoms with Crippen LogP contribution in [0.1, 0.15) is 19.5 Å². The van der Waals surface area contributed by atoms with Gasteiger partial charge in [-0.1, -0.05) is 18.2 Å². The quantitative estimate of drug-likeness (QED) is 0.927. The Morgan fingerprint density at radius 3 is 2.56 bits per heavy atom. The second kappa shape index (κ2) is 4.57. The summed E-state index contributed by atoms with van der Waals surface area (Å²) in [4.78, 5) is 4.38. The molecule has 0 saturated heterocycles. The molecule has 1 aromatic carbocycles. The molecule has 0 unspecified atom stereocenters. The van der Waals surface area contributed by atoms with E-state index in [0.29, 0.717) is 5.69 Å². The Bertz CT molecular complexity index is 678. The van der Waals surface area contributed by atoms with E-state index in [2.05, 4.69) is 9.71 Å². The molecule has 0 amide bonds. The average Bonchev–Trinajstić information content (AvgIpc) is 2.28. The van der Waals surface area contributed by atoms with Gasteiger partial charge in [-0.15, -0.1) is 0 Å². The van der Waals surface area contributed by atoms with Gasteiger partial charge in [0.05, 0.1) is 16.5 Å². The van der Waals surface area contributed by atoms with Crippen LogP contribution in [0.4, 0.5) is 5.69 Å². The van der Waals surface area contributed by atoms with E-state index in [1.54, 1.807) is 19.9 Å². The van der Waals surface area contributed by atoms with E-state index < -0.39 is 15.3 Å². The van der Waals surface area contributed by atoms with Gasteiger partial charge in [0, 0.05) is 11.1 Å². The Kier molecular flexibility index (Phi) is 3.26. The van der Waals surface area contributed by atoms with Gasteiger partial charge in [-0.3, -0.25) is 9.71 Å². The summed E-state index contributed by atoms with van der Waals surface area (Å²) in [5.74, 6) is 0. The number of hydrogen-bond acceptors (Lipinski definition) is 3. The maximum absolute atomic E-state index is 11.9. The number of aromatic nitrogens is 1. The minimum Gasteiger partial charge on any atom is -0.283 e. The van der Waals surface area contributed by atoms with E-state index in [1.807, 2.05) is 31.2 Å². The summed E-state index contributed by atoms with van der Waals surface area (Å²) in [5.41, 5.74) is 2.17. The zero-order valence-electron chi connectivity index (χ0n) is 10.6. The second-order valence-electron chi connectivity index (χ2n) is 4.52. The van der Waals surface area contributed by atoms with Gasteiger partial charge in [-0.25, -0.2) is 8.42 Å². The fourth-order valence-corrected chi connectivity index (χ4v) is 2.37. The molecule has 0 aliphatic rings. The minimum atomic E-state index is -3.34. The van der Waals surface area contributed by atoms with Crippen LogP contribution in [0.25, 0.3) is 10.9 Å². The van der Waals surface area contributed by atoms with Gasteiger partial charge in [-0.2, -0.15) is 0 Å². The highest BCUT2D eigenvalue weighted by molar-refractivity contribution is 7.93. The summed E-state index contributed by atoms with van der Waals surface area (Å²) < 4.78 is 26.5. The van der Waals surface area contributed by atoms with Crippen molar-refractivity contribution in [2.75, 3.05) is 4.72 Å². The lowest BCUT2D eigenvalue weighted by Crippen LogP contribution is -2.22. The number of nitrogens with one attached hydrogen (secondary N) is 1. The molecular formula is C13H16N2O2S. The molecule has 0 atom stereocenters. The third-order valence-electron chi connectivity index (χ3n) is 2.72. The molecular weight excluding hydrogens is 248 g/mol. The standard InChI is InChI=1S/C13H16N2O2S/c1-9(2)18(16,17)15-13-8-10(3)14-12-7-5-4-6-11(12)13/h4-9H,1-3H3,(H,14,15). The van der Waals surface area contributed by atoms with Crippen LogP contribution >= 0.6 is 0 Å². The molecule has 2 aromatic rings. The number of benzene rings is 1. The van der Waals surface area contributed by atoms with Crippen molar-refractivity contribution in [2.45, 2.75) is 26.0 Å². The van der Waals surface area contributed by atoms with Crippen molar-refractivity contribution in [3.05, 3.63) is 36.0 Å². The largest absolute Gasteiger partial charge is 0.283 e. The van der Waals surface area contributed by atoms with Crippen molar-refractivity contribution >= 4 is 26.6 Å². The van der Waals surface area contributed by atoms with E-state index >= 15 is 0 Å². The van der Waals surface area contributed by atoms with E-state index in [-0.39, 0.29) is 0 Å². The molecule has 18 heavy (non-hydrogen) atoms. The number of anilines is 1. The fourth-order valence-electron chi connectivity index (χ4n) is 1.66. The molecule has 0 aliphatic heterocycles. The SMILES string of the molecule is Cc1cc(NS(=O)(=O)C(C)C)c2ccccc2n1. The Hall–Kier alpha value is -1.62. The normalized spacial score (nSPS) is 12.0. The molecule has 0 radical (unpaired) electrons. The number of hydrogen-bond donors (Lipinski definition) is 1. The summed E-state index contributed by atoms with van der Waals surface area (Å²) in [6.45, 7) is 5.15. The molecule has 0 fully saturated rings. The first kappa shape index (κ1) is 12.8. The molecule has 1 heterocycles. The summed E-state index contributed by atoms with van der Waals surface area (Å²) in [7, 11) is -3.34. The molecule has 0 bridgehead atoms. The number of para-hydroxylation sites is 1. The van der Waals surface area contributed by atoms with Gasteiger partial charge in [-0.05, 0) is 32.9 Å². The monoisotopic (exact) mass is 264 g/mol. The Balaban J connectivity index is 2.58. The number of aryl methyl sites for hydroxylation is 1. The molecule has 0 aliphatic carbocycles. The van der Waals surface area contributed by atoms with Gasteiger partial charge in [0.15, 0.2) is 0 Å². The van der Waals surface area contributed by atoms with Crippen molar-refractivity contribution in [1.29, 1.82) is 0 Å². The minimum absolute atomic E-state index is 0.468. The number of pyridine rings is 1. The number of nitrogens with zero attached hydrogens (tertiary/aromatic N) is 1. The Morgan fingerprint density at radius 1 is 1.22 bits per heavy atom. The van der Waals surface area contributed by atoms with E-state index in [4.69, 9.17) is 0 Å². The molecule has 2 rings (SSSR count). The van der Waals surface area contributed by atoms with Gasteiger partial charge in [0.2, 0.25) is 10.0 Å². The summed E-state index contributed by atoms with van der Waals surface area (Å²) in [6.07, 6.45) is 0. The van der Waals surface area contributed by atoms with Crippen LogP contribution in [-0.4, -0.2) is 18.7 Å². The van der Waals surface area contributed by atoms with E-state index in [9.17, 15) is 8.42 Å². The molecule has 0 spiro atoms. The highest BCUT2D eigenvalue weighted by atomic mass is 32.2. The highest BCUT2D eigenvalue weighted by Gasteiger charge is 2.17. The van der Waals surface area contributed by atoms with Gasteiger partial charge >= 0.3 is 0 Å². The van der Waals surface area contributed by atoms with Crippen LogP contribution in [0.2, 0.25) is 0 Å². The first-order valence-electron chi connectivity index (χ1n) is 5.78. The van der Waals surface area contributed by atoms with Crippen molar-refractivity contribution in [3.8, 4) is 0 Å². The van der Waals surface area contributed by atoms with Crippen LogP contribution in [0, 0.1) is 6.92 Å². The third kappa shape index (κ3) is 2.46. The zero-order valence-corrected chi connectivity index (χ0v) is 11.5. The Morgan fingerprint density at radius 2 is 1.89 bits per heavy atom. The van der Waals surface area contributed by atoms with Gasteiger partial charge in [0.25, 0.3) is 0 Å². The average molecular weight is 264 g/mol. The fraction of sp³-hybridized carbons (Fsp3) is 0.308. The molecule has 0 saturated carbocycles. The van der Waals surface area contributed by atoms with E-state index in [1.165, 1.54) is 0 Å². The molecule has 1 N–H and O–H groups in total. The number of fused-ring (bicyclic) bond motifs is 1. The predicted octanol–water partition coefficient (Wildman–Crippen LogP) is 2.69. The summed E-state index contributed by atoms with van der Waals surface area (Å²) in [6, 6.07) is 9.24. The van der Waals surface area contributed by atoms with Crippen LogP contribution in [-0.2, 0) is 10.0 Å². The second-order valence-corrected chi connectivity index (χ2v) is 6.76. The van der Waals surface area contributed by atoms with Crippen molar-refractivity contribution in [1.82, 2.24) is 4.98 Å². The molecule has 96 valence electrons. The lowest BCUT2D eigenvalue weighted by atomic mass is 10.2. The maximum Gasteiger partial charge on any atom is 0.235 e. The predicted molar refractivity (Wildman–Crippen MR) is 74.2 cm³/mol. The van der Waals surface area contributed by atoms with Gasteiger partial charge in [0.1, 0.15) is 0 Å². The molecule has 4 nitrogen and oxygen atoms in total. The molecule has 1 aromatic heterocycles. The highest BCUT2D eigenvalue weighted by Crippen LogP contribution is 2.24. The van der Waals surface area contributed by atoms with Crippen LogP contribution in [0.15, 0.2) is 30.3 Å². The smallest absolute Gasteiger partial charge is 0.235 e. The molecule has 5 heteroatoms. The number of rotatable bonds is 3. The Labute approximate surface area is 107 Å². The van der Waals surface area contributed by atoms with Crippen LogP contribution in [0.5, 0.6) is 0 Å². The topological polar surface area (TPSA) is 59.1 Å². The van der Waals surface area contributed by atoms with Crippen LogP contribution in [0.3, 0.4) is 0 Å². The number of sulfonamides is 1. The van der Waals surface area contributed by atoms with Crippen molar-refractivity contribution in [2.24, 2.45) is 0 Å². The van der Waals surface area contributed by atoms with Crippen molar-refractivity contribution < 1.29 is 8.42 Å². The third-order valence-corrected chi connectivity index (χ3v) is 4.46. The summed E-state index contributed by atoms with van der Waals surface area (Å²) >= 11 is 0. The first-order valence-corrected chi connectivity index (χ1v) is 7.33. The first-order chi connectivity index (χ1) is 8.40. The van der Waals surface area contributed by atoms with Crippen LogP contribution < -0.4 is 4.72 Å². The lowest BCUT2D eigenvalue weighted by molar-refractivity contribution is 0.593. The van der Waals surface area contributed by atoms with Gasteiger partial charge < -0.3 is 0 Å².